The molecule has 1 N–H and O–H groups in total. The highest BCUT2D eigenvalue weighted by atomic mass is 127. The monoisotopic (exact) mass is 376 g/mol. The first-order chi connectivity index (χ1) is 8.67. The Kier molecular flexibility index (Phi) is 9.55. The SMILES string of the molecule is CCCCN(C)C(=NC)NCc1cccc(C)n1.I. The van der Waals surface area contributed by atoms with Crippen LogP contribution >= 0.6 is 24.0 Å². The van der Waals surface area contributed by atoms with E-state index in [9.17, 15) is 0 Å². The molecule has 0 unspecified atom stereocenters. The van der Waals surface area contributed by atoms with E-state index in [-0.39, 0.29) is 24.0 Å². The van der Waals surface area contributed by atoms with Crippen LogP contribution in [0.2, 0.25) is 0 Å². The molecule has 0 fully saturated rings. The maximum Gasteiger partial charge on any atom is 0.193 e. The van der Waals surface area contributed by atoms with Crippen molar-refractivity contribution in [2.45, 2.75) is 33.2 Å². The minimum atomic E-state index is 0. The number of nitrogens with zero attached hydrogens (tertiary/aromatic N) is 3. The van der Waals surface area contributed by atoms with Crippen LogP contribution in [-0.4, -0.2) is 36.5 Å². The molecule has 0 radical (unpaired) electrons. The van der Waals surface area contributed by atoms with E-state index in [0.717, 1.165) is 23.9 Å². The van der Waals surface area contributed by atoms with E-state index >= 15 is 0 Å². The van der Waals surface area contributed by atoms with Gasteiger partial charge in [0.25, 0.3) is 0 Å². The Morgan fingerprint density at radius 2 is 2.16 bits per heavy atom. The topological polar surface area (TPSA) is 40.5 Å². The lowest BCUT2D eigenvalue weighted by Gasteiger charge is -2.21. The first-order valence-electron chi connectivity index (χ1n) is 6.51. The van der Waals surface area contributed by atoms with Crippen LogP contribution in [0.15, 0.2) is 23.2 Å². The van der Waals surface area contributed by atoms with Gasteiger partial charge < -0.3 is 10.2 Å². The van der Waals surface area contributed by atoms with E-state index in [0.29, 0.717) is 6.54 Å². The summed E-state index contributed by atoms with van der Waals surface area (Å²) in [5.41, 5.74) is 2.09. The van der Waals surface area contributed by atoms with Crippen LogP contribution in [0.1, 0.15) is 31.2 Å². The van der Waals surface area contributed by atoms with Gasteiger partial charge in [0.1, 0.15) is 0 Å². The van der Waals surface area contributed by atoms with Gasteiger partial charge in [-0.25, -0.2) is 0 Å². The van der Waals surface area contributed by atoms with Gasteiger partial charge in [-0.2, -0.15) is 0 Å². The van der Waals surface area contributed by atoms with E-state index < -0.39 is 0 Å². The van der Waals surface area contributed by atoms with Crippen molar-refractivity contribution in [2.24, 2.45) is 4.99 Å². The zero-order valence-corrected chi connectivity index (χ0v) is 14.6. The van der Waals surface area contributed by atoms with Crippen molar-refractivity contribution in [2.75, 3.05) is 20.6 Å². The fraction of sp³-hybridized carbons (Fsp3) is 0.571. The molecule has 19 heavy (non-hydrogen) atoms. The number of guanidine groups is 1. The third-order valence-electron chi connectivity index (χ3n) is 2.79. The summed E-state index contributed by atoms with van der Waals surface area (Å²) in [5.74, 6) is 0.923. The average molecular weight is 376 g/mol. The second kappa shape index (κ2) is 10.00. The second-order valence-electron chi connectivity index (χ2n) is 4.45. The van der Waals surface area contributed by atoms with Gasteiger partial charge in [-0.05, 0) is 25.5 Å². The minimum Gasteiger partial charge on any atom is -0.351 e. The molecular formula is C14H25IN4. The van der Waals surface area contributed by atoms with Crippen molar-refractivity contribution in [3.05, 3.63) is 29.6 Å². The standard InChI is InChI=1S/C14H24N4.HI/c1-5-6-10-18(4)14(15-3)16-11-13-9-7-8-12(2)17-13;/h7-9H,5-6,10-11H2,1-4H3,(H,15,16);1H. The molecule has 1 rings (SSSR count). The van der Waals surface area contributed by atoms with E-state index in [1.807, 2.05) is 32.2 Å². The lowest BCUT2D eigenvalue weighted by atomic mass is 10.3. The number of hydrogen-bond acceptors (Lipinski definition) is 2. The summed E-state index contributed by atoms with van der Waals surface area (Å²) < 4.78 is 0. The summed E-state index contributed by atoms with van der Waals surface area (Å²) >= 11 is 0. The zero-order valence-electron chi connectivity index (χ0n) is 12.3. The average Bonchev–Trinajstić information content (AvgIpc) is 2.37. The number of aromatic nitrogens is 1. The summed E-state index contributed by atoms with van der Waals surface area (Å²) in [4.78, 5) is 10.9. The summed E-state index contributed by atoms with van der Waals surface area (Å²) in [6.07, 6.45) is 2.38. The van der Waals surface area contributed by atoms with Crippen molar-refractivity contribution in [3.63, 3.8) is 0 Å². The van der Waals surface area contributed by atoms with Crippen molar-refractivity contribution in [1.29, 1.82) is 0 Å². The van der Waals surface area contributed by atoms with E-state index in [2.05, 4.69) is 34.2 Å². The lowest BCUT2D eigenvalue weighted by Crippen LogP contribution is -2.39. The molecule has 108 valence electrons. The zero-order chi connectivity index (χ0) is 13.4. The van der Waals surface area contributed by atoms with Gasteiger partial charge in [-0.3, -0.25) is 9.98 Å². The highest BCUT2D eigenvalue weighted by Gasteiger charge is 2.05. The van der Waals surface area contributed by atoms with Crippen LogP contribution < -0.4 is 5.32 Å². The van der Waals surface area contributed by atoms with E-state index in [1.165, 1.54) is 12.8 Å². The summed E-state index contributed by atoms with van der Waals surface area (Å²) in [6.45, 7) is 5.94. The predicted octanol–water partition coefficient (Wildman–Crippen LogP) is 2.82. The molecule has 0 spiro atoms. The summed E-state index contributed by atoms with van der Waals surface area (Å²) in [6, 6.07) is 6.06. The maximum atomic E-state index is 4.46. The smallest absolute Gasteiger partial charge is 0.193 e. The predicted molar refractivity (Wildman–Crippen MR) is 92.1 cm³/mol. The molecule has 0 aliphatic carbocycles. The third-order valence-corrected chi connectivity index (χ3v) is 2.79. The van der Waals surface area contributed by atoms with Crippen molar-refractivity contribution in [3.8, 4) is 0 Å². The van der Waals surface area contributed by atoms with Crippen LogP contribution in [0, 0.1) is 6.92 Å². The van der Waals surface area contributed by atoms with Crippen molar-refractivity contribution in [1.82, 2.24) is 15.2 Å². The van der Waals surface area contributed by atoms with Crippen LogP contribution in [0.25, 0.3) is 0 Å². The Labute approximate surface area is 133 Å². The molecule has 0 aliphatic rings. The molecule has 4 nitrogen and oxygen atoms in total. The molecule has 0 saturated heterocycles. The summed E-state index contributed by atoms with van der Waals surface area (Å²) in [5, 5.41) is 3.34. The van der Waals surface area contributed by atoms with Gasteiger partial charge >= 0.3 is 0 Å². The molecule has 0 amide bonds. The van der Waals surface area contributed by atoms with Crippen molar-refractivity contribution >= 4 is 29.9 Å². The van der Waals surface area contributed by atoms with Crippen LogP contribution in [0.4, 0.5) is 0 Å². The Morgan fingerprint density at radius 1 is 1.42 bits per heavy atom. The number of aryl methyl sites for hydroxylation is 1. The molecule has 0 saturated carbocycles. The minimum absolute atomic E-state index is 0. The first kappa shape index (κ1) is 18.1. The molecule has 5 heteroatoms. The number of unbranched alkanes of at least 4 members (excludes halogenated alkanes) is 1. The quantitative estimate of drug-likeness (QED) is 0.488. The van der Waals surface area contributed by atoms with Crippen molar-refractivity contribution < 1.29 is 0 Å². The molecule has 1 aromatic rings. The van der Waals surface area contributed by atoms with Gasteiger partial charge in [0, 0.05) is 26.3 Å². The number of halogens is 1. The third kappa shape index (κ3) is 6.75. The normalized spacial score (nSPS) is 10.8. The highest BCUT2D eigenvalue weighted by molar-refractivity contribution is 14.0. The highest BCUT2D eigenvalue weighted by Crippen LogP contribution is 1.98. The van der Waals surface area contributed by atoms with Gasteiger partial charge in [-0.1, -0.05) is 19.4 Å². The molecule has 1 heterocycles. The summed E-state index contributed by atoms with van der Waals surface area (Å²) in [7, 11) is 3.88. The Bertz CT molecular complexity index is 393. The molecule has 0 aliphatic heterocycles. The van der Waals surface area contributed by atoms with Gasteiger partial charge in [0.05, 0.1) is 12.2 Å². The van der Waals surface area contributed by atoms with Crippen LogP contribution in [0.3, 0.4) is 0 Å². The molecule has 1 aromatic heterocycles. The lowest BCUT2D eigenvalue weighted by molar-refractivity contribution is 0.464. The number of nitrogens with one attached hydrogen (secondary N) is 1. The maximum absolute atomic E-state index is 4.46. The van der Waals surface area contributed by atoms with Crippen LogP contribution in [0.5, 0.6) is 0 Å². The number of hydrogen-bond donors (Lipinski definition) is 1. The molecule has 0 atom stereocenters. The number of pyridine rings is 1. The molecule has 0 aromatic carbocycles. The Hall–Kier alpha value is -0.850. The van der Waals surface area contributed by atoms with E-state index in [1.54, 1.807) is 0 Å². The van der Waals surface area contributed by atoms with Gasteiger partial charge in [-0.15, -0.1) is 24.0 Å². The second-order valence-corrected chi connectivity index (χ2v) is 4.45. The fourth-order valence-electron chi connectivity index (χ4n) is 1.75. The van der Waals surface area contributed by atoms with E-state index in [4.69, 9.17) is 0 Å². The van der Waals surface area contributed by atoms with Gasteiger partial charge in [0.15, 0.2) is 5.96 Å². The molecular weight excluding hydrogens is 351 g/mol. The first-order valence-corrected chi connectivity index (χ1v) is 6.51. The fourth-order valence-corrected chi connectivity index (χ4v) is 1.75. The largest absolute Gasteiger partial charge is 0.351 e. The Morgan fingerprint density at radius 3 is 2.74 bits per heavy atom. The number of rotatable bonds is 5. The Balaban J connectivity index is 0.00000324. The van der Waals surface area contributed by atoms with Crippen LogP contribution in [-0.2, 0) is 6.54 Å². The molecule has 0 bridgehead atoms. The number of aliphatic imine (C=N–C) groups is 1. The van der Waals surface area contributed by atoms with Gasteiger partial charge in [0.2, 0.25) is 0 Å².